The smallest absolute Gasteiger partial charge is 0.242 e. The lowest BCUT2D eigenvalue weighted by molar-refractivity contribution is -0.139. The van der Waals surface area contributed by atoms with Gasteiger partial charge in [0, 0.05) is 19.7 Å². The molecule has 4 nitrogen and oxygen atoms in total. The summed E-state index contributed by atoms with van der Waals surface area (Å²) in [5.74, 6) is 0.422. The lowest BCUT2D eigenvalue weighted by Crippen LogP contribution is -2.57. The van der Waals surface area contributed by atoms with Gasteiger partial charge >= 0.3 is 0 Å². The second kappa shape index (κ2) is 5.15. The Kier molecular flexibility index (Phi) is 4.33. The third-order valence-corrected chi connectivity index (χ3v) is 3.31. The fourth-order valence-corrected chi connectivity index (χ4v) is 1.95. The van der Waals surface area contributed by atoms with Crippen molar-refractivity contribution in [3.05, 3.63) is 0 Å². The van der Waals surface area contributed by atoms with E-state index in [1.807, 2.05) is 25.7 Å². The number of nitrogens with two attached hydrogens (primary N) is 1. The molecule has 0 heterocycles. The monoisotopic (exact) mass is 228 g/mol. The molecule has 0 spiro atoms. The maximum atomic E-state index is 12.3. The molecule has 0 aromatic heterocycles. The molecular weight excluding hydrogens is 204 g/mol. The Labute approximate surface area is 98.1 Å². The number of carbonyl (C=O) groups excluding carboxylic acids is 1. The van der Waals surface area contributed by atoms with Crippen LogP contribution in [0.4, 0.5) is 0 Å². The summed E-state index contributed by atoms with van der Waals surface area (Å²) < 4.78 is 5.03. The van der Waals surface area contributed by atoms with Crippen molar-refractivity contribution in [1.82, 2.24) is 4.90 Å². The number of methoxy groups -OCH3 is 1. The molecule has 0 aromatic carbocycles. The van der Waals surface area contributed by atoms with Gasteiger partial charge in [-0.1, -0.05) is 0 Å². The molecule has 1 unspecified atom stereocenters. The van der Waals surface area contributed by atoms with Crippen LogP contribution in [0.2, 0.25) is 0 Å². The molecule has 4 heteroatoms. The van der Waals surface area contributed by atoms with Crippen molar-refractivity contribution >= 4 is 5.91 Å². The summed E-state index contributed by atoms with van der Waals surface area (Å²) >= 11 is 0. The van der Waals surface area contributed by atoms with Crippen molar-refractivity contribution in [3.63, 3.8) is 0 Å². The van der Waals surface area contributed by atoms with Gasteiger partial charge in [-0.05, 0) is 39.5 Å². The van der Waals surface area contributed by atoms with Crippen LogP contribution < -0.4 is 5.73 Å². The fraction of sp³-hybridized carbons (Fsp3) is 0.917. The highest BCUT2D eigenvalue weighted by atomic mass is 16.5. The van der Waals surface area contributed by atoms with E-state index in [1.54, 1.807) is 7.11 Å². The van der Waals surface area contributed by atoms with Gasteiger partial charge in [-0.2, -0.15) is 0 Å². The summed E-state index contributed by atoms with van der Waals surface area (Å²) in [5, 5.41) is 0. The van der Waals surface area contributed by atoms with E-state index >= 15 is 0 Å². The molecule has 0 aliphatic heterocycles. The summed E-state index contributed by atoms with van der Waals surface area (Å²) in [7, 11) is 1.64. The zero-order chi connectivity index (χ0) is 12.3. The number of amides is 1. The minimum Gasteiger partial charge on any atom is -0.383 e. The Hall–Kier alpha value is -0.610. The van der Waals surface area contributed by atoms with Crippen LogP contribution in [0.15, 0.2) is 0 Å². The molecule has 0 bridgehead atoms. The van der Waals surface area contributed by atoms with Crippen LogP contribution in [-0.2, 0) is 9.53 Å². The van der Waals surface area contributed by atoms with E-state index in [-0.39, 0.29) is 11.9 Å². The van der Waals surface area contributed by atoms with Crippen LogP contribution in [0.1, 0.15) is 33.6 Å². The van der Waals surface area contributed by atoms with E-state index in [9.17, 15) is 4.79 Å². The average molecular weight is 228 g/mol. The van der Waals surface area contributed by atoms with Crippen LogP contribution in [-0.4, -0.2) is 42.6 Å². The van der Waals surface area contributed by atoms with Crippen molar-refractivity contribution in [3.8, 4) is 0 Å². The second-order valence-electron chi connectivity index (χ2n) is 5.14. The van der Waals surface area contributed by atoms with Gasteiger partial charge in [0.1, 0.15) is 0 Å². The lowest BCUT2D eigenvalue weighted by atomic mass is 9.94. The van der Waals surface area contributed by atoms with Gasteiger partial charge in [0.15, 0.2) is 0 Å². The molecule has 1 amide bonds. The highest BCUT2D eigenvalue weighted by molar-refractivity contribution is 5.86. The van der Waals surface area contributed by atoms with E-state index in [0.29, 0.717) is 19.1 Å². The van der Waals surface area contributed by atoms with Crippen molar-refractivity contribution in [2.75, 3.05) is 20.3 Å². The SMILES string of the molecule is COCCN(C(=O)C(C)(N)C1CC1)C(C)C. The zero-order valence-electron chi connectivity index (χ0n) is 10.8. The molecule has 94 valence electrons. The third-order valence-electron chi connectivity index (χ3n) is 3.31. The summed E-state index contributed by atoms with van der Waals surface area (Å²) in [6, 6.07) is 0.171. The molecule has 2 N–H and O–H groups in total. The number of hydrogen-bond acceptors (Lipinski definition) is 3. The van der Waals surface area contributed by atoms with Crippen molar-refractivity contribution < 1.29 is 9.53 Å². The summed E-state index contributed by atoms with van der Waals surface area (Å²) in [6.45, 7) is 7.05. The lowest BCUT2D eigenvalue weighted by Gasteiger charge is -2.34. The average Bonchev–Trinajstić information content (AvgIpc) is 3.00. The molecule has 1 aliphatic rings. The highest BCUT2D eigenvalue weighted by Gasteiger charge is 2.46. The number of ether oxygens (including phenoxy) is 1. The van der Waals surface area contributed by atoms with Gasteiger partial charge in [-0.3, -0.25) is 4.79 Å². The van der Waals surface area contributed by atoms with Crippen LogP contribution in [0.5, 0.6) is 0 Å². The molecular formula is C12H24N2O2. The fourth-order valence-electron chi connectivity index (χ4n) is 1.95. The van der Waals surface area contributed by atoms with Crippen molar-refractivity contribution in [2.45, 2.75) is 45.2 Å². The quantitative estimate of drug-likeness (QED) is 0.738. The highest BCUT2D eigenvalue weighted by Crippen LogP contribution is 2.39. The molecule has 0 aromatic rings. The first-order valence-corrected chi connectivity index (χ1v) is 6.00. The van der Waals surface area contributed by atoms with Crippen molar-refractivity contribution in [1.29, 1.82) is 0 Å². The molecule has 1 atom stereocenters. The summed E-state index contributed by atoms with van der Waals surface area (Å²) in [6.07, 6.45) is 2.16. The molecule has 1 aliphatic carbocycles. The molecule has 1 saturated carbocycles. The van der Waals surface area contributed by atoms with Gasteiger partial charge in [-0.15, -0.1) is 0 Å². The molecule has 1 fully saturated rings. The van der Waals surface area contributed by atoms with Crippen molar-refractivity contribution in [2.24, 2.45) is 11.7 Å². The third kappa shape index (κ3) is 2.95. The largest absolute Gasteiger partial charge is 0.383 e. The summed E-state index contributed by atoms with van der Waals surface area (Å²) in [5.41, 5.74) is 5.45. The van der Waals surface area contributed by atoms with Gasteiger partial charge in [0.05, 0.1) is 12.1 Å². The standard InChI is InChI=1S/C12H24N2O2/c1-9(2)14(7-8-16-4)11(15)12(3,13)10-5-6-10/h9-10H,5-8,13H2,1-4H3. The molecule has 16 heavy (non-hydrogen) atoms. The topological polar surface area (TPSA) is 55.6 Å². The second-order valence-corrected chi connectivity index (χ2v) is 5.14. The number of carbonyl (C=O) groups is 1. The number of nitrogens with zero attached hydrogens (tertiary/aromatic N) is 1. The first-order chi connectivity index (χ1) is 7.41. The Morgan fingerprint density at radius 2 is 2.12 bits per heavy atom. The summed E-state index contributed by atoms with van der Waals surface area (Å²) in [4.78, 5) is 14.2. The molecule has 0 radical (unpaired) electrons. The first kappa shape index (κ1) is 13.5. The minimum absolute atomic E-state index is 0.0575. The van der Waals surface area contributed by atoms with Gasteiger partial charge < -0.3 is 15.4 Å². The number of rotatable bonds is 6. The van der Waals surface area contributed by atoms with Gasteiger partial charge in [0.2, 0.25) is 5.91 Å². The van der Waals surface area contributed by atoms with E-state index in [1.165, 1.54) is 0 Å². The predicted octanol–water partition coefficient (Wildman–Crippen LogP) is 0.997. The maximum Gasteiger partial charge on any atom is 0.242 e. The Morgan fingerprint density at radius 3 is 2.50 bits per heavy atom. The minimum atomic E-state index is -0.696. The van der Waals surface area contributed by atoms with Crippen LogP contribution in [0.3, 0.4) is 0 Å². The maximum absolute atomic E-state index is 12.3. The van der Waals surface area contributed by atoms with E-state index in [0.717, 1.165) is 12.8 Å². The van der Waals surface area contributed by atoms with Crippen LogP contribution in [0, 0.1) is 5.92 Å². The van der Waals surface area contributed by atoms with E-state index in [4.69, 9.17) is 10.5 Å². The van der Waals surface area contributed by atoms with Gasteiger partial charge in [0.25, 0.3) is 0 Å². The molecule has 1 rings (SSSR count). The van der Waals surface area contributed by atoms with Gasteiger partial charge in [-0.25, -0.2) is 0 Å². The van der Waals surface area contributed by atoms with Crippen LogP contribution >= 0.6 is 0 Å². The Morgan fingerprint density at radius 1 is 1.56 bits per heavy atom. The first-order valence-electron chi connectivity index (χ1n) is 6.00. The predicted molar refractivity (Wildman–Crippen MR) is 64.0 cm³/mol. The van der Waals surface area contributed by atoms with Crippen LogP contribution in [0.25, 0.3) is 0 Å². The van der Waals surface area contributed by atoms with E-state index < -0.39 is 5.54 Å². The van der Waals surface area contributed by atoms with E-state index in [2.05, 4.69) is 0 Å². The Balaban J connectivity index is 2.65. The Bertz CT molecular complexity index is 247. The zero-order valence-corrected chi connectivity index (χ0v) is 10.8. The normalized spacial score (nSPS) is 19.6. The molecule has 0 saturated heterocycles. The number of hydrogen-bond donors (Lipinski definition) is 1.